The van der Waals surface area contributed by atoms with Crippen LogP contribution in [0, 0.1) is 0 Å². The lowest BCUT2D eigenvalue weighted by Gasteiger charge is -2.07. The molecule has 0 aliphatic rings. The molecule has 0 unspecified atom stereocenters. The smallest absolute Gasteiger partial charge is 0.248 e. The number of amides is 1. The van der Waals surface area contributed by atoms with Crippen LogP contribution in [0.4, 0.5) is 0 Å². The van der Waals surface area contributed by atoms with Crippen LogP contribution in [0.3, 0.4) is 0 Å². The third kappa shape index (κ3) is 3.19. The van der Waals surface area contributed by atoms with Crippen molar-refractivity contribution in [2.24, 2.45) is 5.73 Å². The average Bonchev–Trinajstić information content (AvgIpc) is 2.39. The molecule has 0 aliphatic heterocycles. The lowest BCUT2D eigenvalue weighted by molar-refractivity contribution is 0.0996. The summed E-state index contributed by atoms with van der Waals surface area (Å²) in [4.78, 5) is 22.2. The number of carbonyl (C=O) groups is 2. The van der Waals surface area contributed by atoms with Crippen LogP contribution >= 0.6 is 0 Å². The Morgan fingerprint density at radius 1 is 0.947 bits per heavy atom. The van der Waals surface area contributed by atoms with Gasteiger partial charge in [-0.15, -0.1) is 0 Å². The molecule has 0 spiro atoms. The summed E-state index contributed by atoms with van der Waals surface area (Å²) in [5, 5.41) is 0. The van der Waals surface area contributed by atoms with Crippen molar-refractivity contribution < 1.29 is 14.3 Å². The number of nitrogens with two attached hydrogens (primary N) is 1. The monoisotopic (exact) mass is 255 g/mol. The van der Waals surface area contributed by atoms with Crippen molar-refractivity contribution in [3.8, 4) is 11.5 Å². The fraction of sp³-hybridized carbons (Fsp3) is 0.0667. The second-order valence-corrected chi connectivity index (χ2v) is 4.07. The van der Waals surface area contributed by atoms with Gasteiger partial charge in [-0.25, -0.2) is 0 Å². The zero-order chi connectivity index (χ0) is 13.8. The second-order valence-electron chi connectivity index (χ2n) is 4.07. The number of ether oxygens (including phenoxy) is 1. The van der Waals surface area contributed by atoms with Crippen LogP contribution in [-0.4, -0.2) is 11.7 Å². The Bertz CT molecular complexity index is 618. The topological polar surface area (TPSA) is 69.4 Å². The Balaban J connectivity index is 2.19. The van der Waals surface area contributed by atoms with Gasteiger partial charge in [-0.3, -0.25) is 9.59 Å². The number of primary amides is 1. The molecule has 2 N–H and O–H groups in total. The van der Waals surface area contributed by atoms with E-state index in [1.165, 1.54) is 6.92 Å². The molecule has 0 saturated carbocycles. The Morgan fingerprint density at radius 2 is 1.63 bits per heavy atom. The molecule has 0 aliphatic carbocycles. The molecule has 0 saturated heterocycles. The van der Waals surface area contributed by atoms with Crippen LogP contribution in [-0.2, 0) is 0 Å². The molecule has 0 bridgehead atoms. The molecule has 0 radical (unpaired) electrons. The van der Waals surface area contributed by atoms with E-state index in [1.54, 1.807) is 48.5 Å². The fourth-order valence-electron chi connectivity index (χ4n) is 1.60. The van der Waals surface area contributed by atoms with E-state index in [9.17, 15) is 9.59 Å². The zero-order valence-electron chi connectivity index (χ0n) is 10.4. The summed E-state index contributed by atoms with van der Waals surface area (Å²) in [6.45, 7) is 1.50. The summed E-state index contributed by atoms with van der Waals surface area (Å²) in [6.07, 6.45) is 0. The largest absolute Gasteiger partial charge is 0.457 e. The van der Waals surface area contributed by atoms with Gasteiger partial charge < -0.3 is 10.5 Å². The van der Waals surface area contributed by atoms with Crippen LogP contribution in [0.2, 0.25) is 0 Å². The lowest BCUT2D eigenvalue weighted by Crippen LogP contribution is -2.10. The van der Waals surface area contributed by atoms with Crippen LogP contribution in [0.15, 0.2) is 48.5 Å². The van der Waals surface area contributed by atoms with E-state index in [2.05, 4.69) is 0 Å². The van der Waals surface area contributed by atoms with Gasteiger partial charge >= 0.3 is 0 Å². The normalized spacial score (nSPS) is 9.95. The number of Topliss-reactive ketones (excluding diaryl/α,β-unsaturated/α-hetero) is 1. The predicted molar refractivity (Wildman–Crippen MR) is 71.5 cm³/mol. The maximum absolute atomic E-state index is 11.3. The molecule has 4 nitrogen and oxygen atoms in total. The zero-order valence-corrected chi connectivity index (χ0v) is 10.4. The van der Waals surface area contributed by atoms with Crippen LogP contribution in [0.1, 0.15) is 27.6 Å². The lowest BCUT2D eigenvalue weighted by atomic mass is 10.1. The second kappa shape index (κ2) is 5.35. The molecule has 0 heterocycles. The highest BCUT2D eigenvalue weighted by molar-refractivity contribution is 5.94. The maximum atomic E-state index is 11.3. The molecule has 2 aromatic carbocycles. The molecule has 2 aromatic rings. The number of benzene rings is 2. The quantitative estimate of drug-likeness (QED) is 0.854. The predicted octanol–water partition coefficient (Wildman–Crippen LogP) is 2.78. The summed E-state index contributed by atoms with van der Waals surface area (Å²) in [6, 6.07) is 13.4. The highest BCUT2D eigenvalue weighted by atomic mass is 16.5. The van der Waals surface area contributed by atoms with E-state index in [1.807, 2.05) is 0 Å². The van der Waals surface area contributed by atoms with Gasteiger partial charge in [-0.2, -0.15) is 0 Å². The van der Waals surface area contributed by atoms with Crippen LogP contribution in [0.5, 0.6) is 11.5 Å². The van der Waals surface area contributed by atoms with E-state index in [4.69, 9.17) is 10.5 Å². The minimum Gasteiger partial charge on any atom is -0.457 e. The number of hydrogen-bond acceptors (Lipinski definition) is 3. The summed E-state index contributed by atoms with van der Waals surface area (Å²) >= 11 is 0. The van der Waals surface area contributed by atoms with Gasteiger partial charge in [0.1, 0.15) is 11.5 Å². The number of rotatable bonds is 4. The molecule has 0 fully saturated rings. The van der Waals surface area contributed by atoms with Gasteiger partial charge in [0.15, 0.2) is 5.78 Å². The third-order valence-corrected chi connectivity index (χ3v) is 2.62. The first-order valence-electron chi connectivity index (χ1n) is 5.75. The average molecular weight is 255 g/mol. The highest BCUT2D eigenvalue weighted by Crippen LogP contribution is 2.22. The standard InChI is InChI=1S/C15H13NO3/c1-10(17)12-3-2-4-14(9-12)19-13-7-5-11(6-8-13)15(16)18/h2-9H,1H3,(H2,16,18). The van der Waals surface area contributed by atoms with E-state index in [-0.39, 0.29) is 5.78 Å². The van der Waals surface area contributed by atoms with E-state index < -0.39 is 5.91 Å². The van der Waals surface area contributed by atoms with Crippen LogP contribution < -0.4 is 10.5 Å². The summed E-state index contributed by atoms with van der Waals surface area (Å²) < 4.78 is 5.60. The summed E-state index contributed by atoms with van der Waals surface area (Å²) in [5.74, 6) is 0.643. The van der Waals surface area contributed by atoms with Gasteiger partial charge in [0.05, 0.1) is 0 Å². The number of hydrogen-bond donors (Lipinski definition) is 1. The molecule has 19 heavy (non-hydrogen) atoms. The minimum atomic E-state index is -0.481. The molecule has 0 aromatic heterocycles. The van der Waals surface area contributed by atoms with Crippen LogP contribution in [0.25, 0.3) is 0 Å². The molecule has 0 atom stereocenters. The van der Waals surface area contributed by atoms with Crippen molar-refractivity contribution >= 4 is 11.7 Å². The summed E-state index contributed by atoms with van der Waals surface area (Å²) in [5.41, 5.74) is 6.16. The molecule has 2 rings (SSSR count). The fourth-order valence-corrected chi connectivity index (χ4v) is 1.60. The van der Waals surface area contributed by atoms with Gasteiger partial charge in [-0.1, -0.05) is 12.1 Å². The van der Waals surface area contributed by atoms with Crippen molar-refractivity contribution in [2.45, 2.75) is 6.92 Å². The Kier molecular flexibility index (Phi) is 3.61. The van der Waals surface area contributed by atoms with Crippen molar-refractivity contribution in [1.82, 2.24) is 0 Å². The molecular formula is C15H13NO3. The van der Waals surface area contributed by atoms with Gasteiger partial charge in [0, 0.05) is 11.1 Å². The SMILES string of the molecule is CC(=O)c1cccc(Oc2ccc(C(N)=O)cc2)c1. The first kappa shape index (κ1) is 12.8. The molecule has 1 amide bonds. The van der Waals surface area contributed by atoms with Crippen molar-refractivity contribution in [3.05, 3.63) is 59.7 Å². The van der Waals surface area contributed by atoms with Crippen molar-refractivity contribution in [3.63, 3.8) is 0 Å². The minimum absolute atomic E-state index is 0.0190. The molecule has 4 heteroatoms. The maximum Gasteiger partial charge on any atom is 0.248 e. The first-order chi connectivity index (χ1) is 9.06. The Labute approximate surface area is 110 Å². The van der Waals surface area contributed by atoms with Crippen molar-refractivity contribution in [2.75, 3.05) is 0 Å². The van der Waals surface area contributed by atoms with E-state index in [0.29, 0.717) is 22.6 Å². The Morgan fingerprint density at radius 3 is 2.21 bits per heavy atom. The van der Waals surface area contributed by atoms with Crippen molar-refractivity contribution in [1.29, 1.82) is 0 Å². The molecule has 96 valence electrons. The van der Waals surface area contributed by atoms with Gasteiger partial charge in [-0.05, 0) is 43.3 Å². The Hall–Kier alpha value is -2.62. The first-order valence-corrected chi connectivity index (χ1v) is 5.75. The van der Waals surface area contributed by atoms with Gasteiger partial charge in [0.2, 0.25) is 5.91 Å². The number of carbonyl (C=O) groups excluding carboxylic acids is 2. The highest BCUT2D eigenvalue weighted by Gasteiger charge is 2.04. The number of ketones is 1. The van der Waals surface area contributed by atoms with Gasteiger partial charge in [0.25, 0.3) is 0 Å². The third-order valence-electron chi connectivity index (χ3n) is 2.62. The summed E-state index contributed by atoms with van der Waals surface area (Å²) in [7, 11) is 0. The van der Waals surface area contributed by atoms with E-state index >= 15 is 0 Å². The molecular weight excluding hydrogens is 242 g/mol. The van der Waals surface area contributed by atoms with E-state index in [0.717, 1.165) is 0 Å².